The smallest absolute Gasteiger partial charge is 0.353 e. The van der Waals surface area contributed by atoms with Crippen molar-refractivity contribution in [3.05, 3.63) is 82.8 Å². The first-order chi connectivity index (χ1) is 16.4. The fraction of sp³-hybridized carbons (Fsp3) is 0.167. The van der Waals surface area contributed by atoms with Crippen LogP contribution in [0.25, 0.3) is 10.9 Å². The van der Waals surface area contributed by atoms with E-state index in [1.165, 1.54) is 6.33 Å². The number of hydrogen-bond acceptors (Lipinski definition) is 9. The third-order valence-electron chi connectivity index (χ3n) is 4.83. The van der Waals surface area contributed by atoms with Crippen LogP contribution in [0.1, 0.15) is 24.2 Å². The Morgan fingerprint density at radius 3 is 2.44 bits per heavy atom. The van der Waals surface area contributed by atoms with Gasteiger partial charge in [-0.25, -0.2) is 14.8 Å². The number of anilines is 4. The molecule has 2 N–H and O–H groups in total. The number of rotatable bonds is 8. The summed E-state index contributed by atoms with van der Waals surface area (Å²) in [4.78, 5) is 35.9. The number of carbonyl (C=O) groups is 1. The van der Waals surface area contributed by atoms with Crippen LogP contribution in [0.3, 0.4) is 0 Å². The topological polar surface area (TPSA) is 132 Å². The van der Waals surface area contributed by atoms with Crippen LogP contribution in [0.5, 0.6) is 0 Å². The summed E-state index contributed by atoms with van der Waals surface area (Å²) in [6.45, 7) is 4.24. The van der Waals surface area contributed by atoms with Gasteiger partial charge in [-0.2, -0.15) is 0 Å². The van der Waals surface area contributed by atoms with Crippen LogP contribution in [-0.2, 0) is 4.74 Å². The van der Waals surface area contributed by atoms with Crippen LogP contribution in [0.2, 0.25) is 0 Å². The van der Waals surface area contributed by atoms with Crippen molar-refractivity contribution in [3.63, 3.8) is 0 Å². The number of carbonyl (C=O) groups excluding carboxylic acids is 1. The highest BCUT2D eigenvalue weighted by atomic mass is 16.6. The summed E-state index contributed by atoms with van der Waals surface area (Å²) in [5, 5.41) is 18.7. The highest BCUT2D eigenvalue weighted by Crippen LogP contribution is 2.34. The largest absolute Gasteiger partial charge is 0.462 e. The minimum Gasteiger partial charge on any atom is -0.462 e. The zero-order chi connectivity index (χ0) is 24.1. The first-order valence-electron chi connectivity index (χ1n) is 10.6. The molecule has 34 heavy (non-hydrogen) atoms. The zero-order valence-electron chi connectivity index (χ0n) is 18.6. The molecule has 0 saturated carbocycles. The first kappa shape index (κ1) is 22.6. The van der Waals surface area contributed by atoms with E-state index < -0.39 is 10.9 Å². The maximum absolute atomic E-state index is 12.1. The van der Waals surface area contributed by atoms with E-state index in [0.29, 0.717) is 23.5 Å². The average Bonchev–Trinajstić information content (AvgIpc) is 2.83. The Morgan fingerprint density at radius 1 is 1.00 bits per heavy atom. The van der Waals surface area contributed by atoms with Crippen LogP contribution >= 0.6 is 0 Å². The van der Waals surface area contributed by atoms with E-state index in [9.17, 15) is 14.9 Å². The summed E-state index contributed by atoms with van der Waals surface area (Å²) in [7, 11) is 0. The number of benzene rings is 2. The first-order valence-corrected chi connectivity index (χ1v) is 10.6. The molecule has 4 rings (SSSR count). The number of aromatic nitrogens is 3. The van der Waals surface area contributed by atoms with E-state index in [1.807, 2.05) is 26.0 Å². The Hall–Kier alpha value is -4.60. The van der Waals surface area contributed by atoms with Gasteiger partial charge in [-0.3, -0.25) is 15.1 Å². The molecule has 2 aromatic carbocycles. The molecule has 0 aliphatic carbocycles. The van der Waals surface area contributed by atoms with Crippen molar-refractivity contribution in [2.24, 2.45) is 5.92 Å². The Kier molecular flexibility index (Phi) is 6.58. The molecule has 10 nitrogen and oxygen atoms in total. The fourth-order valence-electron chi connectivity index (χ4n) is 3.23. The fourth-order valence-corrected chi connectivity index (χ4v) is 3.23. The Morgan fingerprint density at radius 2 is 1.74 bits per heavy atom. The molecule has 10 heteroatoms. The van der Waals surface area contributed by atoms with Crippen molar-refractivity contribution in [3.8, 4) is 0 Å². The molecule has 0 radical (unpaired) electrons. The molecule has 172 valence electrons. The van der Waals surface area contributed by atoms with Crippen LogP contribution in [0.15, 0.2) is 67.1 Å². The molecule has 0 fully saturated rings. The van der Waals surface area contributed by atoms with Crippen LogP contribution < -0.4 is 10.6 Å². The molecule has 0 bridgehead atoms. The van der Waals surface area contributed by atoms with Gasteiger partial charge in [0.1, 0.15) is 6.33 Å². The minimum absolute atomic E-state index is 0.0102. The lowest BCUT2D eigenvalue weighted by atomic mass is 10.2. The molecule has 2 aromatic heterocycles. The SMILES string of the molecule is CC(C)COC(=O)c1ccc(Nc2ncnc(Nc3cccc4ncccc34)c2[N+](=O)[O-])cc1. The predicted molar refractivity (Wildman–Crippen MR) is 129 cm³/mol. The van der Waals surface area contributed by atoms with E-state index in [4.69, 9.17) is 4.74 Å². The van der Waals surface area contributed by atoms with Gasteiger partial charge in [0.05, 0.1) is 22.6 Å². The number of pyridine rings is 1. The van der Waals surface area contributed by atoms with Crippen molar-refractivity contribution in [2.75, 3.05) is 17.2 Å². The van der Waals surface area contributed by atoms with E-state index in [0.717, 1.165) is 10.9 Å². The van der Waals surface area contributed by atoms with Gasteiger partial charge in [0, 0.05) is 23.0 Å². The van der Waals surface area contributed by atoms with Gasteiger partial charge < -0.3 is 15.4 Å². The standard InChI is InChI=1S/C24H22N6O4/c1-15(2)13-34-24(31)16-8-10-17(11-9-16)28-22-21(30(32)33)23(27-14-26-22)29-20-7-3-6-19-18(20)5-4-12-25-19/h3-12,14-15H,13H2,1-2H3,(H2,26,27,28,29). The van der Waals surface area contributed by atoms with E-state index in [2.05, 4.69) is 25.6 Å². The molecule has 0 spiro atoms. The molecule has 2 heterocycles. The van der Waals surface area contributed by atoms with E-state index in [1.54, 1.807) is 48.7 Å². The predicted octanol–water partition coefficient (Wildman–Crippen LogP) is 5.23. The number of hydrogen-bond donors (Lipinski definition) is 2. The number of ether oxygens (including phenoxy) is 1. The van der Waals surface area contributed by atoms with Crippen LogP contribution in [0.4, 0.5) is 28.7 Å². The van der Waals surface area contributed by atoms with E-state index in [-0.39, 0.29) is 23.2 Å². The lowest BCUT2D eigenvalue weighted by Gasteiger charge is -2.12. The Balaban J connectivity index is 1.59. The van der Waals surface area contributed by atoms with Gasteiger partial charge in [0.2, 0.25) is 11.6 Å². The molecular formula is C24H22N6O4. The zero-order valence-corrected chi connectivity index (χ0v) is 18.6. The summed E-state index contributed by atoms with van der Waals surface area (Å²) in [6, 6.07) is 15.5. The van der Waals surface area contributed by atoms with Crippen LogP contribution in [-0.4, -0.2) is 32.5 Å². The lowest BCUT2D eigenvalue weighted by molar-refractivity contribution is -0.383. The van der Waals surface area contributed by atoms with Gasteiger partial charge in [-0.1, -0.05) is 19.9 Å². The highest BCUT2D eigenvalue weighted by Gasteiger charge is 2.24. The quantitative estimate of drug-likeness (QED) is 0.207. The third-order valence-corrected chi connectivity index (χ3v) is 4.83. The number of nitrogens with zero attached hydrogens (tertiary/aromatic N) is 4. The minimum atomic E-state index is -0.550. The Bertz CT molecular complexity index is 1340. The molecular weight excluding hydrogens is 436 g/mol. The summed E-state index contributed by atoms with van der Waals surface area (Å²) >= 11 is 0. The second-order valence-corrected chi connectivity index (χ2v) is 7.87. The Labute approximate surface area is 195 Å². The summed E-state index contributed by atoms with van der Waals surface area (Å²) < 4.78 is 5.22. The molecule has 0 atom stereocenters. The normalized spacial score (nSPS) is 10.8. The maximum Gasteiger partial charge on any atom is 0.353 e. The summed E-state index contributed by atoms with van der Waals surface area (Å²) in [6.07, 6.45) is 2.91. The van der Waals surface area contributed by atoms with E-state index >= 15 is 0 Å². The molecule has 0 unspecified atom stereocenters. The summed E-state index contributed by atoms with van der Waals surface area (Å²) in [5.41, 5.74) is 1.96. The summed E-state index contributed by atoms with van der Waals surface area (Å²) in [5.74, 6) is -0.149. The third kappa shape index (κ3) is 5.07. The van der Waals surface area contributed by atoms with Crippen molar-refractivity contribution in [1.82, 2.24) is 15.0 Å². The number of esters is 1. The number of nitro groups is 1. The van der Waals surface area contributed by atoms with Gasteiger partial charge >= 0.3 is 11.7 Å². The second kappa shape index (κ2) is 9.90. The van der Waals surface area contributed by atoms with Crippen molar-refractivity contribution >= 4 is 45.6 Å². The van der Waals surface area contributed by atoms with Crippen molar-refractivity contribution in [1.29, 1.82) is 0 Å². The highest BCUT2D eigenvalue weighted by molar-refractivity contribution is 5.94. The van der Waals surface area contributed by atoms with Crippen molar-refractivity contribution in [2.45, 2.75) is 13.8 Å². The van der Waals surface area contributed by atoms with Crippen LogP contribution in [0, 0.1) is 16.0 Å². The molecule has 0 aliphatic heterocycles. The molecule has 0 aliphatic rings. The molecule has 0 amide bonds. The van der Waals surface area contributed by atoms with Crippen molar-refractivity contribution < 1.29 is 14.5 Å². The molecule has 4 aromatic rings. The number of nitrogens with one attached hydrogen (secondary N) is 2. The maximum atomic E-state index is 12.1. The monoisotopic (exact) mass is 458 g/mol. The molecule has 0 saturated heterocycles. The average molecular weight is 458 g/mol. The number of fused-ring (bicyclic) bond motifs is 1. The lowest BCUT2D eigenvalue weighted by Crippen LogP contribution is -2.10. The second-order valence-electron chi connectivity index (χ2n) is 7.87. The van der Waals surface area contributed by atoms with Gasteiger partial charge in [-0.05, 0) is 54.4 Å². The van der Waals surface area contributed by atoms with Gasteiger partial charge in [-0.15, -0.1) is 0 Å². The van der Waals surface area contributed by atoms with Gasteiger partial charge in [0.15, 0.2) is 0 Å². The van der Waals surface area contributed by atoms with Gasteiger partial charge in [0.25, 0.3) is 0 Å².